The van der Waals surface area contributed by atoms with Crippen LogP contribution in [0.5, 0.6) is 0 Å². The van der Waals surface area contributed by atoms with E-state index in [-0.39, 0.29) is 17.1 Å². The van der Waals surface area contributed by atoms with Crippen molar-refractivity contribution in [3.8, 4) is 0 Å². The van der Waals surface area contributed by atoms with Crippen LogP contribution in [0.1, 0.15) is 11.1 Å². The van der Waals surface area contributed by atoms with Crippen LogP contribution in [-0.2, 0) is 26.7 Å². The van der Waals surface area contributed by atoms with Gasteiger partial charge in [0.05, 0.1) is 31.2 Å². The highest BCUT2D eigenvalue weighted by Gasteiger charge is 2.35. The van der Waals surface area contributed by atoms with Gasteiger partial charge in [-0.15, -0.1) is 0 Å². The van der Waals surface area contributed by atoms with Crippen LogP contribution in [0.3, 0.4) is 0 Å². The Labute approximate surface area is 231 Å². The van der Waals surface area contributed by atoms with Gasteiger partial charge >= 0.3 is 6.18 Å². The van der Waals surface area contributed by atoms with Crippen molar-refractivity contribution in [1.82, 2.24) is 5.32 Å². The minimum absolute atomic E-state index is 0.177. The molecule has 0 radical (unpaired) electrons. The van der Waals surface area contributed by atoms with Gasteiger partial charge in [0.2, 0.25) is 5.91 Å². The number of rotatable bonds is 10. The van der Waals surface area contributed by atoms with Crippen molar-refractivity contribution in [1.29, 1.82) is 0 Å². The van der Waals surface area contributed by atoms with Gasteiger partial charge in [-0.1, -0.05) is 59.1 Å². The first-order chi connectivity index (χ1) is 17.4. The number of amides is 1. The van der Waals surface area contributed by atoms with Gasteiger partial charge < -0.3 is 5.32 Å². The normalized spacial score (nSPS) is 11.8. The first kappa shape index (κ1) is 29.4. The predicted octanol–water partition coefficient (Wildman–Crippen LogP) is 6.91. The van der Waals surface area contributed by atoms with Crippen molar-refractivity contribution in [3.05, 3.63) is 92.9 Å². The zero-order valence-corrected chi connectivity index (χ0v) is 22.8. The van der Waals surface area contributed by atoms with Crippen LogP contribution < -0.4 is 9.62 Å². The van der Waals surface area contributed by atoms with Gasteiger partial charge in [-0.25, -0.2) is 8.42 Å². The molecule has 0 aliphatic carbocycles. The molecule has 13 heteroatoms. The molecule has 0 atom stereocenters. The third-order valence-corrected chi connectivity index (χ3v) is 8.87. The van der Waals surface area contributed by atoms with Gasteiger partial charge in [0.15, 0.2) is 0 Å². The number of carbonyl (C=O) groups is 1. The molecule has 0 heterocycles. The highest BCUT2D eigenvalue weighted by Crippen LogP contribution is 2.38. The molecule has 37 heavy (non-hydrogen) atoms. The molecule has 0 aliphatic heterocycles. The van der Waals surface area contributed by atoms with Crippen molar-refractivity contribution >= 4 is 68.2 Å². The number of sulfonamides is 1. The number of halogens is 6. The predicted molar refractivity (Wildman–Crippen MR) is 143 cm³/mol. The second-order valence-corrected chi connectivity index (χ2v) is 11.8. The molecule has 0 fully saturated rings. The molecule has 1 amide bonds. The lowest BCUT2D eigenvalue weighted by atomic mass is 10.2. The lowest BCUT2D eigenvalue weighted by Crippen LogP contribution is -2.41. The number of nitrogens with one attached hydrogen (secondary N) is 1. The number of hydrogen-bond donors (Lipinski definition) is 1. The molecule has 0 saturated heterocycles. The first-order valence-electron chi connectivity index (χ1n) is 10.6. The maximum absolute atomic E-state index is 13.4. The molecule has 3 aromatic rings. The van der Waals surface area contributed by atoms with E-state index in [0.29, 0.717) is 31.9 Å². The zero-order chi connectivity index (χ0) is 27.2. The summed E-state index contributed by atoms with van der Waals surface area (Å²) in [6.45, 7) is -0.522. The number of thioether (sulfide) groups is 1. The zero-order valence-electron chi connectivity index (χ0n) is 18.9. The van der Waals surface area contributed by atoms with Crippen molar-refractivity contribution in [3.63, 3.8) is 0 Å². The van der Waals surface area contributed by atoms with Gasteiger partial charge in [-0.3, -0.25) is 9.10 Å². The number of alkyl halides is 3. The van der Waals surface area contributed by atoms with E-state index in [1.54, 1.807) is 18.2 Å². The second-order valence-electron chi connectivity index (χ2n) is 7.64. The Kier molecular flexibility index (Phi) is 10.0. The number of anilines is 1. The van der Waals surface area contributed by atoms with Gasteiger partial charge in [-0.2, -0.15) is 24.9 Å². The van der Waals surface area contributed by atoms with E-state index in [1.165, 1.54) is 36.0 Å². The first-order valence-corrected chi connectivity index (χ1v) is 14.4. The molecular formula is C24H20Cl3F3N2O3S2. The van der Waals surface area contributed by atoms with Crippen LogP contribution in [0.15, 0.2) is 71.6 Å². The summed E-state index contributed by atoms with van der Waals surface area (Å²) in [6, 6.07) is 15.1. The lowest BCUT2D eigenvalue weighted by molar-refractivity contribution is -0.137. The van der Waals surface area contributed by atoms with E-state index >= 15 is 0 Å². The Morgan fingerprint density at radius 3 is 2.24 bits per heavy atom. The van der Waals surface area contributed by atoms with Gasteiger partial charge in [-0.05, 0) is 48.0 Å². The smallest absolute Gasteiger partial charge is 0.354 e. The third kappa shape index (κ3) is 7.94. The summed E-state index contributed by atoms with van der Waals surface area (Å²) >= 11 is 19.1. The van der Waals surface area contributed by atoms with Gasteiger partial charge in [0.25, 0.3) is 10.0 Å². The van der Waals surface area contributed by atoms with E-state index in [4.69, 9.17) is 34.8 Å². The largest absolute Gasteiger partial charge is 0.417 e. The van der Waals surface area contributed by atoms with Crippen molar-refractivity contribution < 1.29 is 26.4 Å². The van der Waals surface area contributed by atoms with Crippen LogP contribution in [-0.4, -0.2) is 33.2 Å². The SMILES string of the molecule is O=C(CN(c1ccc(Cl)c(C(F)(F)F)c1)S(=O)(=O)c1ccccc1)NCCSCc1ccc(Cl)c(Cl)c1. The standard InChI is InChI=1S/C24H20Cl3F3N2O3S2/c25-20-9-7-17(13-19(20)24(28,29)30)32(37(34,35)18-4-2-1-3-5-18)14-23(33)31-10-11-36-15-16-6-8-21(26)22(27)12-16/h1-9,12-13H,10-11,14-15H2,(H,31,33). The molecule has 3 rings (SSSR count). The Bertz CT molecular complexity index is 1360. The van der Waals surface area contributed by atoms with Gasteiger partial charge in [0, 0.05) is 18.1 Å². The molecule has 0 aliphatic rings. The fourth-order valence-corrected chi connectivity index (χ4v) is 5.97. The van der Waals surface area contributed by atoms with Crippen LogP contribution in [0.2, 0.25) is 15.1 Å². The van der Waals surface area contributed by atoms with Crippen LogP contribution in [0.4, 0.5) is 18.9 Å². The number of hydrogen-bond acceptors (Lipinski definition) is 4. The molecule has 0 unspecified atom stereocenters. The monoisotopic (exact) mass is 610 g/mol. The maximum Gasteiger partial charge on any atom is 0.417 e. The van der Waals surface area contributed by atoms with Gasteiger partial charge in [0.1, 0.15) is 6.54 Å². The number of benzene rings is 3. The summed E-state index contributed by atoms with van der Waals surface area (Å²) in [5.74, 6) is 0.418. The highest BCUT2D eigenvalue weighted by molar-refractivity contribution is 7.98. The van der Waals surface area contributed by atoms with E-state index < -0.39 is 39.2 Å². The van der Waals surface area contributed by atoms with Crippen molar-refractivity contribution in [2.45, 2.75) is 16.8 Å². The second kappa shape index (κ2) is 12.6. The Morgan fingerprint density at radius 2 is 1.59 bits per heavy atom. The Morgan fingerprint density at radius 1 is 0.919 bits per heavy atom. The molecule has 0 aromatic heterocycles. The minimum atomic E-state index is -4.82. The summed E-state index contributed by atoms with van der Waals surface area (Å²) in [5.41, 5.74) is -0.613. The molecule has 5 nitrogen and oxygen atoms in total. The average molecular weight is 612 g/mol. The fourth-order valence-electron chi connectivity index (χ4n) is 3.19. The van der Waals surface area contributed by atoms with E-state index in [0.717, 1.165) is 17.7 Å². The third-order valence-electron chi connectivity index (χ3n) is 4.98. The summed E-state index contributed by atoms with van der Waals surface area (Å²) in [5, 5.41) is 2.90. The number of carbonyl (C=O) groups excluding carboxylic acids is 1. The molecule has 0 saturated carbocycles. The molecule has 0 spiro atoms. The summed E-state index contributed by atoms with van der Waals surface area (Å²) in [4.78, 5) is 12.5. The maximum atomic E-state index is 13.4. The molecule has 198 valence electrons. The minimum Gasteiger partial charge on any atom is -0.354 e. The average Bonchev–Trinajstić information content (AvgIpc) is 2.84. The summed E-state index contributed by atoms with van der Waals surface area (Å²) < 4.78 is 67.5. The Hall–Kier alpha value is -2.11. The molecule has 3 aromatic carbocycles. The van der Waals surface area contributed by atoms with Crippen molar-refractivity contribution in [2.24, 2.45) is 0 Å². The van der Waals surface area contributed by atoms with E-state index in [1.807, 2.05) is 6.07 Å². The lowest BCUT2D eigenvalue weighted by Gasteiger charge is -2.25. The molecular weight excluding hydrogens is 592 g/mol. The van der Waals surface area contributed by atoms with Crippen LogP contribution in [0.25, 0.3) is 0 Å². The fraction of sp³-hybridized carbons (Fsp3) is 0.208. The topological polar surface area (TPSA) is 66.5 Å². The summed E-state index contributed by atoms with van der Waals surface area (Å²) in [6.07, 6.45) is -4.82. The van der Waals surface area contributed by atoms with Crippen molar-refractivity contribution in [2.75, 3.05) is 23.1 Å². The highest BCUT2D eigenvalue weighted by atomic mass is 35.5. The number of nitrogens with zero attached hydrogens (tertiary/aromatic N) is 1. The van der Waals surface area contributed by atoms with E-state index in [9.17, 15) is 26.4 Å². The van der Waals surface area contributed by atoms with Crippen LogP contribution >= 0.6 is 46.6 Å². The van der Waals surface area contributed by atoms with E-state index in [2.05, 4.69) is 5.32 Å². The summed E-state index contributed by atoms with van der Waals surface area (Å²) in [7, 11) is -4.37. The molecule has 0 bridgehead atoms. The molecule has 1 N–H and O–H groups in total. The quantitative estimate of drug-likeness (QED) is 0.253. The Balaban J connectivity index is 1.73. The van der Waals surface area contributed by atoms with Crippen LogP contribution in [0, 0.1) is 0 Å².